The Hall–Kier alpha value is -2.24. The van der Waals surface area contributed by atoms with Crippen molar-refractivity contribution in [3.05, 3.63) is 69.4 Å². The average Bonchev–Trinajstić information content (AvgIpc) is 2.53. The monoisotopic (exact) mass is 328 g/mol. The molecule has 0 aromatic heterocycles. The van der Waals surface area contributed by atoms with Crippen LogP contribution in [0.15, 0.2) is 68.6 Å². The van der Waals surface area contributed by atoms with Gasteiger partial charge in [-0.1, -0.05) is 34.5 Å². The Kier molecular flexibility index (Phi) is 6.54. The third kappa shape index (κ3) is 5.27. The van der Waals surface area contributed by atoms with Gasteiger partial charge in [0.1, 0.15) is 0 Å². The van der Waals surface area contributed by atoms with E-state index in [0.29, 0.717) is 11.4 Å². The number of hydrogen-bond acceptors (Lipinski definition) is 4. The summed E-state index contributed by atoms with van der Waals surface area (Å²) in [5.41, 5.74) is 18.1. The number of benzene rings is 2. The summed E-state index contributed by atoms with van der Waals surface area (Å²) in [5, 5.41) is 7.19. The molecule has 0 saturated heterocycles. The largest absolute Gasteiger partial charge is 0.125 e. The summed E-state index contributed by atoms with van der Waals surface area (Å²) in [4.78, 5) is 7.72. The summed E-state index contributed by atoms with van der Waals surface area (Å²) in [6.07, 6.45) is 0. The second-order valence-corrected chi connectivity index (χ2v) is 6.41. The molecule has 0 spiro atoms. The van der Waals surface area contributed by atoms with E-state index in [9.17, 15) is 0 Å². The zero-order valence-electron chi connectivity index (χ0n) is 11.5. The van der Waals surface area contributed by atoms with E-state index in [1.807, 2.05) is 36.4 Å². The quantitative estimate of drug-likeness (QED) is 0.192. The van der Waals surface area contributed by atoms with Crippen LogP contribution in [0.3, 0.4) is 0 Å². The van der Waals surface area contributed by atoms with E-state index in [4.69, 9.17) is 11.1 Å². The molecule has 2 rings (SSSR count). The van der Waals surface area contributed by atoms with Crippen molar-refractivity contribution in [2.24, 2.45) is 10.2 Å². The van der Waals surface area contributed by atoms with E-state index >= 15 is 0 Å². The van der Waals surface area contributed by atoms with Crippen molar-refractivity contribution in [3.8, 4) is 0 Å². The van der Waals surface area contributed by atoms with Gasteiger partial charge in [-0.15, -0.1) is 23.5 Å². The molecule has 0 aliphatic rings. The van der Waals surface area contributed by atoms with Gasteiger partial charge >= 0.3 is 0 Å². The van der Waals surface area contributed by atoms with Crippen LogP contribution >= 0.6 is 23.5 Å². The molecule has 6 nitrogen and oxygen atoms in total. The van der Waals surface area contributed by atoms with Gasteiger partial charge in [0.25, 0.3) is 0 Å². The van der Waals surface area contributed by atoms with Gasteiger partial charge in [0.2, 0.25) is 0 Å². The molecular weight excluding hydrogens is 316 g/mol. The van der Waals surface area contributed by atoms with Crippen molar-refractivity contribution in [2.45, 2.75) is 9.79 Å². The Morgan fingerprint density at radius 2 is 1.23 bits per heavy atom. The zero-order chi connectivity index (χ0) is 15.6. The van der Waals surface area contributed by atoms with E-state index in [1.165, 1.54) is 0 Å². The molecule has 2 aromatic carbocycles. The highest BCUT2D eigenvalue weighted by Gasteiger charge is 1.98. The van der Waals surface area contributed by atoms with Crippen molar-refractivity contribution in [1.29, 1.82) is 0 Å². The first-order chi connectivity index (χ1) is 10.8. The Bertz CT molecular complexity index is 672. The molecule has 0 N–H and O–H groups in total. The lowest BCUT2D eigenvalue weighted by Crippen LogP contribution is -1.84. The van der Waals surface area contributed by atoms with E-state index in [0.717, 1.165) is 21.3 Å². The highest BCUT2D eigenvalue weighted by Crippen LogP contribution is 2.27. The highest BCUT2D eigenvalue weighted by atomic mass is 32.2. The number of rotatable bonds is 7. The minimum absolute atomic E-state index is 0.627. The highest BCUT2D eigenvalue weighted by molar-refractivity contribution is 8.03. The van der Waals surface area contributed by atoms with Crippen LogP contribution < -0.4 is 0 Å². The first-order valence-electron chi connectivity index (χ1n) is 6.38. The van der Waals surface area contributed by atoms with Gasteiger partial charge in [0.05, 0.1) is 0 Å². The fourth-order valence-electron chi connectivity index (χ4n) is 1.69. The summed E-state index contributed by atoms with van der Waals surface area (Å²) < 4.78 is 0. The van der Waals surface area contributed by atoms with Gasteiger partial charge in [0, 0.05) is 42.5 Å². The molecule has 0 unspecified atom stereocenters. The standard InChI is InChI=1S/C14H12N6S2/c15-19-17-11-3-1-5-13(9-11)21-7-8-22-14-6-2-4-12(10-14)18-20-16/h1-6,9-10H,7-8H2. The van der Waals surface area contributed by atoms with Crippen molar-refractivity contribution in [2.75, 3.05) is 11.5 Å². The van der Waals surface area contributed by atoms with Crippen LogP contribution in [0.5, 0.6) is 0 Å². The maximum Gasteiger partial charge on any atom is 0.0386 e. The molecule has 8 heteroatoms. The van der Waals surface area contributed by atoms with E-state index in [1.54, 1.807) is 35.7 Å². The third-order valence-electron chi connectivity index (χ3n) is 2.58. The Labute approximate surface area is 136 Å². The molecule has 110 valence electrons. The van der Waals surface area contributed by atoms with Crippen molar-refractivity contribution >= 4 is 34.9 Å². The minimum atomic E-state index is 0.627. The fraction of sp³-hybridized carbons (Fsp3) is 0.143. The van der Waals surface area contributed by atoms with Gasteiger partial charge in [0.15, 0.2) is 0 Å². The lowest BCUT2D eigenvalue weighted by Gasteiger charge is -2.04. The molecule has 0 saturated carbocycles. The van der Waals surface area contributed by atoms with Crippen molar-refractivity contribution < 1.29 is 0 Å². The van der Waals surface area contributed by atoms with Crippen LogP contribution in [0.4, 0.5) is 11.4 Å². The maximum absolute atomic E-state index is 8.43. The molecule has 0 heterocycles. The van der Waals surface area contributed by atoms with Crippen LogP contribution in [0, 0.1) is 0 Å². The van der Waals surface area contributed by atoms with Crippen LogP contribution in [0.1, 0.15) is 0 Å². The Morgan fingerprint density at radius 3 is 1.64 bits per heavy atom. The summed E-state index contributed by atoms with van der Waals surface area (Å²) >= 11 is 3.42. The second-order valence-electron chi connectivity index (χ2n) is 4.07. The molecule has 0 fully saturated rings. The molecular formula is C14H12N6S2. The van der Waals surface area contributed by atoms with E-state index < -0.39 is 0 Å². The van der Waals surface area contributed by atoms with Gasteiger partial charge < -0.3 is 0 Å². The van der Waals surface area contributed by atoms with Crippen LogP contribution in [0.25, 0.3) is 20.9 Å². The van der Waals surface area contributed by atoms with Crippen molar-refractivity contribution in [3.63, 3.8) is 0 Å². The predicted octanol–water partition coefficient (Wildman–Crippen LogP) is 6.45. The molecule has 2 aromatic rings. The summed E-state index contributed by atoms with van der Waals surface area (Å²) in [5.74, 6) is 1.85. The van der Waals surface area contributed by atoms with Crippen LogP contribution in [-0.2, 0) is 0 Å². The van der Waals surface area contributed by atoms with Gasteiger partial charge in [-0.2, -0.15) is 0 Å². The number of azide groups is 2. The first-order valence-corrected chi connectivity index (χ1v) is 8.35. The van der Waals surface area contributed by atoms with Gasteiger partial charge in [-0.3, -0.25) is 0 Å². The topological polar surface area (TPSA) is 97.5 Å². The fourth-order valence-corrected chi connectivity index (χ4v) is 3.59. The van der Waals surface area contributed by atoms with Gasteiger partial charge in [-0.05, 0) is 35.3 Å². The summed E-state index contributed by atoms with van der Waals surface area (Å²) in [7, 11) is 0. The maximum atomic E-state index is 8.43. The molecule has 0 bridgehead atoms. The Balaban J connectivity index is 1.84. The van der Waals surface area contributed by atoms with E-state index in [-0.39, 0.29) is 0 Å². The normalized spacial score (nSPS) is 9.64. The molecule has 22 heavy (non-hydrogen) atoms. The predicted molar refractivity (Wildman–Crippen MR) is 91.9 cm³/mol. The van der Waals surface area contributed by atoms with E-state index in [2.05, 4.69) is 20.1 Å². The second kappa shape index (κ2) is 8.92. The summed E-state index contributed by atoms with van der Waals surface area (Å²) in [6.45, 7) is 0. The number of nitrogens with zero attached hydrogens (tertiary/aromatic N) is 6. The summed E-state index contributed by atoms with van der Waals surface area (Å²) in [6, 6.07) is 15.0. The number of thioether (sulfide) groups is 2. The SMILES string of the molecule is [N-]=[N+]=Nc1cccc(SCCSc2cccc(N=[N+]=[N-])c2)c1. The third-order valence-corrected chi connectivity index (χ3v) is 4.83. The van der Waals surface area contributed by atoms with Crippen LogP contribution in [-0.4, -0.2) is 11.5 Å². The minimum Gasteiger partial charge on any atom is -0.125 e. The lowest BCUT2D eigenvalue weighted by atomic mass is 10.3. The Morgan fingerprint density at radius 1 is 0.773 bits per heavy atom. The van der Waals surface area contributed by atoms with Crippen LogP contribution in [0.2, 0.25) is 0 Å². The zero-order valence-corrected chi connectivity index (χ0v) is 13.2. The smallest absolute Gasteiger partial charge is 0.0386 e. The molecule has 0 atom stereocenters. The average molecular weight is 328 g/mol. The molecule has 0 radical (unpaired) electrons. The molecule has 0 aliphatic heterocycles. The lowest BCUT2D eigenvalue weighted by molar-refractivity contribution is 1.37. The molecule has 0 amide bonds. The van der Waals surface area contributed by atoms with Crippen molar-refractivity contribution in [1.82, 2.24) is 0 Å². The first kappa shape index (κ1) is 16.1. The van der Waals surface area contributed by atoms with Gasteiger partial charge in [-0.25, -0.2) is 0 Å². The molecule has 0 aliphatic carbocycles. The number of hydrogen-bond donors (Lipinski definition) is 0.